The first kappa shape index (κ1) is 17.0. The maximum absolute atomic E-state index is 12.1. The van der Waals surface area contributed by atoms with Crippen LogP contribution < -0.4 is 5.32 Å². The lowest BCUT2D eigenvalue weighted by Crippen LogP contribution is -2.31. The second kappa shape index (κ2) is 7.09. The number of hydrogen-bond donors (Lipinski definition) is 1. The van der Waals surface area contributed by atoms with Gasteiger partial charge in [0.15, 0.2) is 0 Å². The molecule has 1 rings (SSSR count). The Kier molecular flexibility index (Phi) is 5.74. The van der Waals surface area contributed by atoms with Gasteiger partial charge in [0.05, 0.1) is 12.2 Å². The molecule has 114 valence electrons. The van der Waals surface area contributed by atoms with Crippen LogP contribution in [0.3, 0.4) is 0 Å². The summed E-state index contributed by atoms with van der Waals surface area (Å²) in [5.74, 6) is 0.371. The molecule has 0 aliphatic carbocycles. The molecule has 0 spiro atoms. The normalized spacial score (nSPS) is 12.5. The van der Waals surface area contributed by atoms with E-state index < -0.39 is 6.10 Å². The minimum atomic E-state index is -0.557. The summed E-state index contributed by atoms with van der Waals surface area (Å²) in [6.07, 6.45) is 3.63. The van der Waals surface area contributed by atoms with E-state index in [2.05, 4.69) is 18.0 Å². The van der Waals surface area contributed by atoms with E-state index in [-0.39, 0.29) is 11.4 Å². The van der Waals surface area contributed by atoms with E-state index in [9.17, 15) is 4.79 Å². The number of rotatable bonds is 6. The van der Waals surface area contributed by atoms with Gasteiger partial charge in [-0.2, -0.15) is 5.26 Å². The standard InChI is InChI=1S/C16H23N3O2/c1-6-7-8-21-12(2)15(20)18-14-9-13(10-17)11-19(14)16(3,4)5/h6,9,11-12H,1,7-8H2,2-5H3,(H,18,20). The number of anilines is 1. The molecule has 21 heavy (non-hydrogen) atoms. The van der Waals surface area contributed by atoms with Gasteiger partial charge in [0.25, 0.3) is 5.91 Å². The van der Waals surface area contributed by atoms with Crippen molar-refractivity contribution in [2.75, 3.05) is 11.9 Å². The van der Waals surface area contributed by atoms with Gasteiger partial charge in [-0.1, -0.05) is 6.08 Å². The molecule has 0 aliphatic rings. The highest BCUT2D eigenvalue weighted by Gasteiger charge is 2.21. The molecule has 0 aliphatic heterocycles. The third-order valence-corrected chi connectivity index (χ3v) is 2.98. The van der Waals surface area contributed by atoms with Crippen molar-refractivity contribution in [1.29, 1.82) is 5.26 Å². The highest BCUT2D eigenvalue weighted by atomic mass is 16.5. The van der Waals surface area contributed by atoms with Crippen LogP contribution in [0.4, 0.5) is 5.82 Å². The summed E-state index contributed by atoms with van der Waals surface area (Å²) in [7, 11) is 0. The van der Waals surface area contributed by atoms with E-state index in [0.29, 0.717) is 24.4 Å². The third kappa shape index (κ3) is 4.76. The zero-order valence-electron chi connectivity index (χ0n) is 13.1. The number of aromatic nitrogens is 1. The van der Waals surface area contributed by atoms with Crippen LogP contribution in [-0.2, 0) is 15.1 Å². The fourth-order valence-corrected chi connectivity index (χ4v) is 1.81. The summed E-state index contributed by atoms with van der Waals surface area (Å²) in [5, 5.41) is 11.8. The summed E-state index contributed by atoms with van der Waals surface area (Å²) >= 11 is 0. The van der Waals surface area contributed by atoms with E-state index in [1.165, 1.54) is 0 Å². The Morgan fingerprint density at radius 2 is 2.29 bits per heavy atom. The fraction of sp³-hybridized carbons (Fsp3) is 0.500. The number of ether oxygens (including phenoxy) is 1. The molecule has 0 fully saturated rings. The van der Waals surface area contributed by atoms with Crippen LogP contribution in [0.25, 0.3) is 0 Å². The molecule has 0 bridgehead atoms. The molecule has 0 saturated heterocycles. The van der Waals surface area contributed by atoms with Gasteiger partial charge < -0.3 is 14.6 Å². The van der Waals surface area contributed by atoms with Crippen molar-refractivity contribution in [3.05, 3.63) is 30.5 Å². The number of nitrogens with one attached hydrogen (secondary N) is 1. The summed E-state index contributed by atoms with van der Waals surface area (Å²) in [6.45, 7) is 11.8. The Hall–Kier alpha value is -2.06. The first-order valence-corrected chi connectivity index (χ1v) is 6.96. The van der Waals surface area contributed by atoms with Crippen molar-refractivity contribution < 1.29 is 9.53 Å². The minimum absolute atomic E-state index is 0.229. The molecular formula is C16H23N3O2. The van der Waals surface area contributed by atoms with Gasteiger partial charge in [0.1, 0.15) is 18.0 Å². The number of nitriles is 1. The maximum atomic E-state index is 12.1. The molecule has 1 heterocycles. The van der Waals surface area contributed by atoms with Crippen LogP contribution in [0, 0.1) is 11.3 Å². The van der Waals surface area contributed by atoms with Gasteiger partial charge in [-0.25, -0.2) is 0 Å². The monoisotopic (exact) mass is 289 g/mol. The first-order chi connectivity index (χ1) is 9.79. The average molecular weight is 289 g/mol. The van der Waals surface area contributed by atoms with Crippen molar-refractivity contribution in [1.82, 2.24) is 4.57 Å². The summed E-state index contributed by atoms with van der Waals surface area (Å²) in [5.41, 5.74) is 0.283. The van der Waals surface area contributed by atoms with Crippen molar-refractivity contribution >= 4 is 11.7 Å². The van der Waals surface area contributed by atoms with Crippen molar-refractivity contribution in [3.63, 3.8) is 0 Å². The lowest BCUT2D eigenvalue weighted by atomic mass is 10.1. The number of carbonyl (C=O) groups is 1. The van der Waals surface area contributed by atoms with Crippen LogP contribution in [0.5, 0.6) is 0 Å². The highest BCUT2D eigenvalue weighted by molar-refractivity contribution is 5.93. The molecule has 0 aromatic carbocycles. The van der Waals surface area contributed by atoms with Crippen molar-refractivity contribution in [2.45, 2.75) is 45.8 Å². The predicted molar refractivity (Wildman–Crippen MR) is 83.0 cm³/mol. The SMILES string of the molecule is C=CCCOC(C)C(=O)Nc1cc(C#N)cn1C(C)(C)C. The minimum Gasteiger partial charge on any atom is -0.368 e. The van der Waals surface area contributed by atoms with E-state index >= 15 is 0 Å². The molecule has 1 aromatic heterocycles. The number of carbonyl (C=O) groups excluding carboxylic acids is 1. The van der Waals surface area contributed by atoms with Crippen LogP contribution in [0.15, 0.2) is 24.9 Å². The number of hydrogen-bond acceptors (Lipinski definition) is 3. The lowest BCUT2D eigenvalue weighted by Gasteiger charge is -2.25. The molecular weight excluding hydrogens is 266 g/mol. The molecule has 1 atom stereocenters. The smallest absolute Gasteiger partial charge is 0.254 e. The zero-order chi connectivity index (χ0) is 16.0. The van der Waals surface area contributed by atoms with Gasteiger partial charge in [0, 0.05) is 11.7 Å². The van der Waals surface area contributed by atoms with Crippen LogP contribution in [0.1, 0.15) is 39.7 Å². The molecule has 1 aromatic rings. The predicted octanol–water partition coefficient (Wildman–Crippen LogP) is 3.03. The second-order valence-corrected chi connectivity index (χ2v) is 5.85. The molecule has 5 heteroatoms. The Labute approximate surface area is 126 Å². The quantitative estimate of drug-likeness (QED) is 0.646. The Bertz CT molecular complexity index is 547. The number of nitrogens with zero attached hydrogens (tertiary/aromatic N) is 2. The van der Waals surface area contributed by atoms with Gasteiger partial charge in [0.2, 0.25) is 0 Å². The summed E-state index contributed by atoms with van der Waals surface area (Å²) in [6, 6.07) is 3.76. The Morgan fingerprint density at radius 3 is 2.81 bits per heavy atom. The summed E-state index contributed by atoms with van der Waals surface area (Å²) in [4.78, 5) is 12.1. The van der Waals surface area contributed by atoms with E-state index in [1.54, 1.807) is 25.3 Å². The van der Waals surface area contributed by atoms with Gasteiger partial charge in [-0.05, 0) is 40.2 Å². The fourth-order valence-electron chi connectivity index (χ4n) is 1.81. The van der Waals surface area contributed by atoms with Gasteiger partial charge >= 0.3 is 0 Å². The average Bonchev–Trinajstić information content (AvgIpc) is 2.82. The topological polar surface area (TPSA) is 67.0 Å². The van der Waals surface area contributed by atoms with Crippen molar-refractivity contribution in [3.8, 4) is 6.07 Å². The molecule has 1 N–H and O–H groups in total. The van der Waals surface area contributed by atoms with Crippen LogP contribution in [0.2, 0.25) is 0 Å². The molecule has 0 radical (unpaired) electrons. The maximum Gasteiger partial charge on any atom is 0.254 e. The molecule has 5 nitrogen and oxygen atoms in total. The molecule has 1 amide bonds. The van der Waals surface area contributed by atoms with Crippen molar-refractivity contribution in [2.24, 2.45) is 0 Å². The number of amides is 1. The first-order valence-electron chi connectivity index (χ1n) is 6.96. The Morgan fingerprint density at radius 1 is 1.62 bits per heavy atom. The molecule has 1 unspecified atom stereocenters. The second-order valence-electron chi connectivity index (χ2n) is 5.85. The third-order valence-electron chi connectivity index (χ3n) is 2.98. The van der Waals surface area contributed by atoms with E-state index in [4.69, 9.17) is 10.00 Å². The van der Waals surface area contributed by atoms with E-state index in [1.807, 2.05) is 25.3 Å². The largest absolute Gasteiger partial charge is 0.368 e. The highest BCUT2D eigenvalue weighted by Crippen LogP contribution is 2.24. The van der Waals surface area contributed by atoms with Crippen LogP contribution >= 0.6 is 0 Å². The van der Waals surface area contributed by atoms with Gasteiger partial charge in [-0.15, -0.1) is 6.58 Å². The molecule has 0 saturated carbocycles. The Balaban J connectivity index is 2.82. The lowest BCUT2D eigenvalue weighted by molar-refractivity contribution is -0.126. The van der Waals surface area contributed by atoms with Gasteiger partial charge in [-0.3, -0.25) is 4.79 Å². The summed E-state index contributed by atoms with van der Waals surface area (Å²) < 4.78 is 7.29. The van der Waals surface area contributed by atoms with Crippen LogP contribution in [-0.4, -0.2) is 23.2 Å². The van der Waals surface area contributed by atoms with E-state index in [0.717, 1.165) is 0 Å². The zero-order valence-corrected chi connectivity index (χ0v) is 13.1.